The molecule has 25 heavy (non-hydrogen) atoms. The molecule has 134 valence electrons. The van der Waals surface area contributed by atoms with E-state index in [1.54, 1.807) is 19.2 Å². The number of amides is 1. The van der Waals surface area contributed by atoms with E-state index in [1.165, 1.54) is 5.56 Å². The minimum Gasteiger partial charge on any atom is -0.497 e. The monoisotopic (exact) mass is 340 g/mol. The molecule has 0 radical (unpaired) electrons. The standard InChI is InChI=1S/C21H28N2O2/c1-16(2)23(15-18-9-6-5-7-10-18)14-17(3)22-21(24)19-11-8-12-20(13-19)25-4/h5-13,16-17H,14-15H2,1-4H3,(H,22,24). The van der Waals surface area contributed by atoms with Crippen LogP contribution in [0.15, 0.2) is 54.6 Å². The zero-order valence-electron chi connectivity index (χ0n) is 15.5. The van der Waals surface area contributed by atoms with Gasteiger partial charge in [-0.2, -0.15) is 0 Å². The van der Waals surface area contributed by atoms with Crippen molar-refractivity contribution < 1.29 is 9.53 Å². The minimum atomic E-state index is -0.0742. The molecule has 0 fully saturated rings. The van der Waals surface area contributed by atoms with Crippen LogP contribution in [-0.2, 0) is 6.54 Å². The molecule has 0 aromatic heterocycles. The molecule has 2 aromatic carbocycles. The lowest BCUT2D eigenvalue weighted by molar-refractivity contribution is 0.0921. The van der Waals surface area contributed by atoms with Crippen molar-refractivity contribution in [1.29, 1.82) is 0 Å². The number of ether oxygens (including phenoxy) is 1. The van der Waals surface area contributed by atoms with Gasteiger partial charge < -0.3 is 10.1 Å². The molecule has 1 unspecified atom stereocenters. The number of hydrogen-bond acceptors (Lipinski definition) is 3. The van der Waals surface area contributed by atoms with Crippen LogP contribution in [0.4, 0.5) is 0 Å². The van der Waals surface area contributed by atoms with E-state index in [9.17, 15) is 4.79 Å². The smallest absolute Gasteiger partial charge is 0.251 e. The average Bonchev–Trinajstić information content (AvgIpc) is 2.62. The van der Waals surface area contributed by atoms with Crippen molar-refractivity contribution in [2.24, 2.45) is 0 Å². The molecule has 4 nitrogen and oxygen atoms in total. The lowest BCUT2D eigenvalue weighted by Crippen LogP contribution is -2.44. The Morgan fingerprint density at radius 1 is 1.08 bits per heavy atom. The van der Waals surface area contributed by atoms with E-state index in [0.29, 0.717) is 17.4 Å². The van der Waals surface area contributed by atoms with Crippen molar-refractivity contribution in [3.63, 3.8) is 0 Å². The molecule has 0 saturated carbocycles. The number of carbonyl (C=O) groups is 1. The summed E-state index contributed by atoms with van der Waals surface area (Å²) in [5.41, 5.74) is 1.90. The number of methoxy groups -OCH3 is 1. The lowest BCUT2D eigenvalue weighted by Gasteiger charge is -2.29. The molecule has 0 saturated heterocycles. The molecule has 2 rings (SSSR count). The Kier molecular flexibility index (Phi) is 7.02. The second kappa shape index (κ2) is 9.23. The van der Waals surface area contributed by atoms with E-state index in [1.807, 2.05) is 25.1 Å². The molecule has 4 heteroatoms. The van der Waals surface area contributed by atoms with Gasteiger partial charge >= 0.3 is 0 Å². The number of hydrogen-bond donors (Lipinski definition) is 1. The zero-order chi connectivity index (χ0) is 18.2. The first-order valence-corrected chi connectivity index (χ1v) is 8.72. The fourth-order valence-electron chi connectivity index (χ4n) is 2.74. The first-order valence-electron chi connectivity index (χ1n) is 8.72. The van der Waals surface area contributed by atoms with Crippen molar-refractivity contribution in [2.75, 3.05) is 13.7 Å². The van der Waals surface area contributed by atoms with Crippen LogP contribution in [0.3, 0.4) is 0 Å². The van der Waals surface area contributed by atoms with E-state index in [-0.39, 0.29) is 11.9 Å². The molecule has 0 spiro atoms. The first kappa shape index (κ1) is 19.0. The largest absolute Gasteiger partial charge is 0.497 e. The fraction of sp³-hybridized carbons (Fsp3) is 0.381. The summed E-state index contributed by atoms with van der Waals surface area (Å²) in [5.74, 6) is 0.614. The summed E-state index contributed by atoms with van der Waals surface area (Å²) in [6.45, 7) is 8.07. The van der Waals surface area contributed by atoms with Gasteiger partial charge in [0.05, 0.1) is 7.11 Å². The first-order chi connectivity index (χ1) is 12.0. The van der Waals surface area contributed by atoms with Crippen molar-refractivity contribution in [1.82, 2.24) is 10.2 Å². The van der Waals surface area contributed by atoms with Gasteiger partial charge in [0, 0.05) is 30.7 Å². The van der Waals surface area contributed by atoms with Crippen LogP contribution >= 0.6 is 0 Å². The lowest BCUT2D eigenvalue weighted by atomic mass is 10.1. The van der Waals surface area contributed by atoms with Gasteiger partial charge in [-0.25, -0.2) is 0 Å². The molecule has 1 amide bonds. The van der Waals surface area contributed by atoms with Crippen LogP contribution in [0, 0.1) is 0 Å². The third kappa shape index (κ3) is 5.91. The van der Waals surface area contributed by atoms with Crippen LogP contribution in [0.5, 0.6) is 5.75 Å². The van der Waals surface area contributed by atoms with E-state index in [0.717, 1.165) is 13.1 Å². The zero-order valence-corrected chi connectivity index (χ0v) is 15.5. The van der Waals surface area contributed by atoms with Gasteiger partial charge in [-0.3, -0.25) is 9.69 Å². The Bertz CT molecular complexity index is 671. The SMILES string of the molecule is COc1cccc(C(=O)NC(C)CN(Cc2ccccc2)C(C)C)c1. The maximum absolute atomic E-state index is 12.4. The minimum absolute atomic E-state index is 0.0461. The van der Waals surface area contributed by atoms with Gasteiger partial charge in [0.25, 0.3) is 5.91 Å². The summed E-state index contributed by atoms with van der Waals surface area (Å²) < 4.78 is 5.18. The van der Waals surface area contributed by atoms with Crippen molar-refractivity contribution in [2.45, 2.75) is 39.4 Å². The van der Waals surface area contributed by atoms with E-state index < -0.39 is 0 Å². The molecule has 1 atom stereocenters. The van der Waals surface area contributed by atoms with Crippen LogP contribution in [0.2, 0.25) is 0 Å². The number of benzene rings is 2. The van der Waals surface area contributed by atoms with Crippen molar-refractivity contribution in [3.8, 4) is 5.75 Å². The predicted octanol–water partition coefficient (Wildman–Crippen LogP) is 3.72. The van der Waals surface area contributed by atoms with E-state index >= 15 is 0 Å². The highest BCUT2D eigenvalue weighted by Gasteiger charge is 2.16. The van der Waals surface area contributed by atoms with Crippen molar-refractivity contribution in [3.05, 3.63) is 65.7 Å². The molecule has 0 aliphatic heterocycles. The Morgan fingerprint density at radius 2 is 1.80 bits per heavy atom. The summed E-state index contributed by atoms with van der Waals surface area (Å²) in [6.07, 6.45) is 0. The summed E-state index contributed by atoms with van der Waals surface area (Å²) >= 11 is 0. The summed E-state index contributed by atoms with van der Waals surface area (Å²) in [6, 6.07) is 18.1. The maximum Gasteiger partial charge on any atom is 0.251 e. The van der Waals surface area contributed by atoms with Gasteiger partial charge in [-0.05, 0) is 44.5 Å². The fourth-order valence-corrected chi connectivity index (χ4v) is 2.74. The molecule has 0 bridgehead atoms. The third-order valence-corrected chi connectivity index (χ3v) is 4.18. The van der Waals surface area contributed by atoms with E-state index in [2.05, 4.69) is 48.3 Å². The highest BCUT2D eigenvalue weighted by molar-refractivity contribution is 5.94. The molecule has 0 heterocycles. The van der Waals surface area contributed by atoms with Crippen molar-refractivity contribution >= 4 is 5.91 Å². The van der Waals surface area contributed by atoms with Crippen LogP contribution in [0.1, 0.15) is 36.7 Å². The molecule has 0 aliphatic carbocycles. The number of carbonyl (C=O) groups excluding carboxylic acids is 1. The molecule has 0 aliphatic rings. The molecular weight excluding hydrogens is 312 g/mol. The van der Waals surface area contributed by atoms with Gasteiger partial charge in [0.2, 0.25) is 0 Å². The second-order valence-electron chi connectivity index (χ2n) is 6.62. The van der Waals surface area contributed by atoms with Gasteiger partial charge in [-0.15, -0.1) is 0 Å². The van der Waals surface area contributed by atoms with Crippen LogP contribution in [0.25, 0.3) is 0 Å². The highest BCUT2D eigenvalue weighted by atomic mass is 16.5. The Morgan fingerprint density at radius 3 is 2.44 bits per heavy atom. The highest BCUT2D eigenvalue weighted by Crippen LogP contribution is 2.13. The second-order valence-corrected chi connectivity index (χ2v) is 6.62. The summed E-state index contributed by atoms with van der Waals surface area (Å²) in [5, 5.41) is 3.08. The molecular formula is C21H28N2O2. The number of nitrogens with zero attached hydrogens (tertiary/aromatic N) is 1. The van der Waals surface area contributed by atoms with E-state index in [4.69, 9.17) is 4.74 Å². The summed E-state index contributed by atoms with van der Waals surface area (Å²) in [7, 11) is 1.60. The number of nitrogens with one attached hydrogen (secondary N) is 1. The Hall–Kier alpha value is -2.33. The predicted molar refractivity (Wildman–Crippen MR) is 102 cm³/mol. The van der Waals surface area contributed by atoms with Crippen LogP contribution < -0.4 is 10.1 Å². The van der Waals surface area contributed by atoms with Gasteiger partial charge in [0.1, 0.15) is 5.75 Å². The topological polar surface area (TPSA) is 41.6 Å². The van der Waals surface area contributed by atoms with Gasteiger partial charge in [-0.1, -0.05) is 36.4 Å². The quantitative estimate of drug-likeness (QED) is 0.796. The maximum atomic E-state index is 12.4. The van der Waals surface area contributed by atoms with Crippen LogP contribution in [-0.4, -0.2) is 36.5 Å². The summed E-state index contributed by atoms with van der Waals surface area (Å²) in [4.78, 5) is 14.8. The molecule has 1 N–H and O–H groups in total. The normalized spacial score (nSPS) is 12.2. The van der Waals surface area contributed by atoms with Gasteiger partial charge in [0.15, 0.2) is 0 Å². The average molecular weight is 340 g/mol. The third-order valence-electron chi connectivity index (χ3n) is 4.18. The Labute approximate surface area is 150 Å². The number of rotatable bonds is 8. The Balaban J connectivity index is 1.96. The molecule has 2 aromatic rings.